The molecule has 1 amide bonds. The highest BCUT2D eigenvalue weighted by atomic mass is 35.5. The predicted molar refractivity (Wildman–Crippen MR) is 319 cm³/mol. The van der Waals surface area contributed by atoms with Crippen LogP contribution in [0.2, 0.25) is 15.1 Å². The number of aldehydes is 1. The van der Waals surface area contributed by atoms with Crippen molar-refractivity contribution in [3.8, 4) is 0 Å². The summed E-state index contributed by atoms with van der Waals surface area (Å²) in [5, 5.41) is 15.0. The molecule has 0 unspecified atom stereocenters. The lowest BCUT2D eigenvalue weighted by Gasteiger charge is -2.40. The van der Waals surface area contributed by atoms with E-state index < -0.39 is 16.8 Å². The molecular weight excluding hydrogens is 1090 g/mol. The van der Waals surface area contributed by atoms with Gasteiger partial charge >= 0.3 is 5.97 Å². The number of amides is 1. The van der Waals surface area contributed by atoms with Crippen LogP contribution in [-0.2, 0) is 67.5 Å². The number of benzene rings is 5. The van der Waals surface area contributed by atoms with Crippen LogP contribution in [0.5, 0.6) is 0 Å². The van der Waals surface area contributed by atoms with E-state index in [0.717, 1.165) is 122 Å². The van der Waals surface area contributed by atoms with Crippen molar-refractivity contribution in [1.82, 2.24) is 34.0 Å². The minimum atomic E-state index is -0.786. The molecule has 13 nitrogen and oxygen atoms in total. The molecule has 10 rings (SSSR count). The lowest BCUT2D eigenvalue weighted by molar-refractivity contribution is -0.145. The number of carbonyl (C=O) groups excluding carboxylic acids is 2. The van der Waals surface area contributed by atoms with E-state index in [0.29, 0.717) is 36.8 Å². The van der Waals surface area contributed by atoms with Gasteiger partial charge in [-0.15, -0.1) is 0 Å². The van der Waals surface area contributed by atoms with E-state index in [1.807, 2.05) is 90.4 Å². The maximum Gasteiger partial charge on any atom is 0.314 e. The van der Waals surface area contributed by atoms with Gasteiger partial charge in [0.15, 0.2) is 12.1 Å². The Morgan fingerprint density at radius 3 is 1.46 bits per heavy atom. The monoisotopic (exact) mass is 1160 g/mol. The quantitative estimate of drug-likeness (QED) is 0.0669. The number of hydrogen-bond acceptors (Lipinski definition) is 8. The summed E-state index contributed by atoms with van der Waals surface area (Å²) < 4.78 is 32.1. The second-order valence-electron chi connectivity index (χ2n) is 20.1. The Morgan fingerprint density at radius 2 is 1.04 bits per heavy atom. The Morgan fingerprint density at radius 1 is 0.605 bits per heavy atom. The number of carbonyl (C=O) groups is 3. The zero-order chi connectivity index (χ0) is 58.2. The van der Waals surface area contributed by atoms with Crippen LogP contribution >= 0.6 is 34.8 Å². The number of imidazole rings is 3. The van der Waals surface area contributed by atoms with Crippen LogP contribution in [0.4, 0.5) is 14.5 Å². The number of nitrogens with zero attached hydrogens (tertiary/aromatic N) is 7. The summed E-state index contributed by atoms with van der Waals surface area (Å²) in [5.41, 5.74) is 8.84. The molecule has 5 aromatic carbocycles. The first-order valence-electron chi connectivity index (χ1n) is 27.1. The molecule has 2 aliphatic carbocycles. The summed E-state index contributed by atoms with van der Waals surface area (Å²) in [7, 11) is 5.70. The number of aromatic nitrogens is 6. The number of rotatable bonds is 15. The van der Waals surface area contributed by atoms with Crippen molar-refractivity contribution in [2.24, 2.45) is 26.9 Å². The van der Waals surface area contributed by atoms with E-state index in [1.165, 1.54) is 35.4 Å². The third-order valence-electron chi connectivity index (χ3n) is 14.6. The zero-order valence-corrected chi connectivity index (χ0v) is 48.4. The van der Waals surface area contributed by atoms with Crippen molar-refractivity contribution in [3.05, 3.63) is 225 Å². The zero-order valence-electron chi connectivity index (χ0n) is 46.2. The van der Waals surface area contributed by atoms with Crippen LogP contribution in [0.25, 0.3) is 0 Å². The van der Waals surface area contributed by atoms with Crippen LogP contribution in [-0.4, -0.2) is 65.0 Å². The molecule has 0 saturated heterocycles. The second-order valence-corrected chi connectivity index (χ2v) is 21.4. The first-order chi connectivity index (χ1) is 39.1. The van der Waals surface area contributed by atoms with Crippen molar-refractivity contribution in [1.29, 1.82) is 0 Å². The predicted octanol–water partition coefficient (Wildman–Crippen LogP) is 13.2. The van der Waals surface area contributed by atoms with E-state index in [-0.39, 0.29) is 17.5 Å². The maximum atomic E-state index is 14.2. The number of hydrogen-bond donors (Lipinski definition) is 3. The molecule has 0 spiro atoms. The van der Waals surface area contributed by atoms with Gasteiger partial charge in [-0.1, -0.05) is 122 Å². The van der Waals surface area contributed by atoms with Gasteiger partial charge in [-0.3, -0.25) is 14.4 Å². The molecule has 8 aromatic rings. The van der Waals surface area contributed by atoms with E-state index in [9.17, 15) is 28.3 Å². The molecule has 2 saturated carbocycles. The van der Waals surface area contributed by atoms with Crippen molar-refractivity contribution in [3.63, 3.8) is 0 Å². The Hall–Kier alpha value is -7.01. The third kappa shape index (κ3) is 18.5. The van der Waals surface area contributed by atoms with Crippen molar-refractivity contribution in [2.45, 2.75) is 101 Å². The molecule has 4 N–H and O–H groups in total. The number of aryl methyl sites for hydroxylation is 3. The number of nitrogens with one attached hydrogen (secondary N) is 1. The van der Waals surface area contributed by atoms with Gasteiger partial charge in [-0.05, 0) is 147 Å². The fourth-order valence-electron chi connectivity index (χ4n) is 9.91. The molecule has 0 radical (unpaired) electrons. The lowest BCUT2D eigenvalue weighted by Crippen LogP contribution is -2.48. The van der Waals surface area contributed by atoms with E-state index in [1.54, 1.807) is 71.5 Å². The van der Waals surface area contributed by atoms with Crippen LogP contribution < -0.4 is 16.0 Å². The van der Waals surface area contributed by atoms with Gasteiger partial charge in [0.2, 0.25) is 5.91 Å². The Labute approximate surface area is 489 Å². The highest BCUT2D eigenvalue weighted by Crippen LogP contribution is 2.43. The molecule has 81 heavy (non-hydrogen) atoms. The maximum absolute atomic E-state index is 14.2. The summed E-state index contributed by atoms with van der Waals surface area (Å²) in [5.74, 6) is 0.951. The van der Waals surface area contributed by atoms with Crippen LogP contribution in [0.15, 0.2) is 159 Å². The first-order valence-corrected chi connectivity index (χ1v) is 28.3. The second kappa shape index (κ2) is 31.8. The van der Waals surface area contributed by atoms with E-state index in [2.05, 4.69) is 32.4 Å². The smallest absolute Gasteiger partial charge is 0.314 e. The summed E-state index contributed by atoms with van der Waals surface area (Å²) in [6.07, 6.45) is 22.2. The van der Waals surface area contributed by atoms with Crippen LogP contribution in [0, 0.1) is 11.6 Å². The average molecular weight is 1160 g/mol. The minimum Gasteiger partial charge on any atom is -0.481 e. The number of halogens is 5. The van der Waals surface area contributed by atoms with Crippen LogP contribution in [0.1, 0.15) is 109 Å². The van der Waals surface area contributed by atoms with Crippen LogP contribution in [0.3, 0.4) is 0 Å². The number of carboxylic acids is 1. The van der Waals surface area contributed by atoms with Gasteiger partial charge < -0.3 is 34.8 Å². The van der Waals surface area contributed by atoms with Gasteiger partial charge in [0.25, 0.3) is 0 Å². The lowest BCUT2D eigenvalue weighted by atomic mass is 9.68. The van der Waals surface area contributed by atoms with E-state index >= 15 is 0 Å². The highest BCUT2D eigenvalue weighted by molar-refractivity contribution is 6.31. The van der Waals surface area contributed by atoms with Gasteiger partial charge in [0.05, 0.1) is 23.9 Å². The molecule has 0 bridgehead atoms. The molecule has 18 heteroatoms. The normalized spacial score (nSPS) is 14.0. The SMILES string of the molecule is Cn1ccnc1C=O.Cn1ccnc1CN(C(=O)C1(c2ccc(F)cc2)CCCCC1)c1ccc(Cl)cc1.Cn1ccnc1CNCCc1ccc(Cl)cc1.NCCc1ccc(Cl)cc1.O=C(O)C1(c2ccc(F)cc2)CCCCC1. The van der Waals surface area contributed by atoms with Crippen molar-refractivity contribution in [2.75, 3.05) is 18.0 Å². The molecular formula is C63H72Cl3F2N9O4. The summed E-state index contributed by atoms with van der Waals surface area (Å²) in [6, 6.07) is 35.4. The first kappa shape index (κ1) is 63.2. The molecule has 0 aliphatic heterocycles. The van der Waals surface area contributed by atoms with E-state index in [4.69, 9.17) is 40.5 Å². The minimum absolute atomic E-state index is 0.0270. The molecule has 428 valence electrons. The number of anilines is 1. The molecule has 2 fully saturated rings. The third-order valence-corrected chi connectivity index (χ3v) is 15.4. The Balaban J connectivity index is 0.000000177. The largest absolute Gasteiger partial charge is 0.481 e. The molecule has 3 aromatic heterocycles. The number of carboxylic acid groups (broad SMARTS) is 1. The Kier molecular flexibility index (Phi) is 24.8. The topological polar surface area (TPSA) is 166 Å². The fraction of sp³-hybridized carbons (Fsp3) is 0.333. The summed E-state index contributed by atoms with van der Waals surface area (Å²) in [6.45, 7) is 2.79. The van der Waals surface area contributed by atoms with Gasteiger partial charge in [0.1, 0.15) is 23.3 Å². The Bertz CT molecular complexity index is 3160. The molecule has 3 heterocycles. The van der Waals surface area contributed by atoms with Gasteiger partial charge in [0, 0.05) is 79.1 Å². The van der Waals surface area contributed by atoms with Crippen molar-refractivity contribution >= 4 is 58.7 Å². The average Bonchev–Trinajstić information content (AvgIpc) is 4.30. The fourth-order valence-corrected chi connectivity index (χ4v) is 10.3. The highest BCUT2D eigenvalue weighted by Gasteiger charge is 2.44. The van der Waals surface area contributed by atoms with Gasteiger partial charge in [-0.2, -0.15) is 0 Å². The van der Waals surface area contributed by atoms with Gasteiger partial charge in [-0.25, -0.2) is 23.7 Å². The summed E-state index contributed by atoms with van der Waals surface area (Å²) in [4.78, 5) is 49.9. The molecule has 0 atom stereocenters. The standard InChI is InChI=1S/C24H25ClFN3O.C13H16ClN3.C13H15FO2.C8H10ClN.C5H6N2O/c1-28-16-15-27-22(28)17-29(21-11-7-19(25)8-12-21)23(30)24(13-3-2-4-14-24)18-5-9-20(26)10-6-18;1-17-9-8-16-13(17)10-15-7-6-11-2-4-12(14)5-3-11;14-11-6-4-10(5-7-11)13(12(15)16)8-2-1-3-9-13;9-8-3-1-7(2-4-8)5-6-10;1-7-3-2-6-5(7)4-8/h5-12,15-16H,2-4,13-14,17H2,1H3;2-5,8-9,15H,6-7,10H2,1H3;4-7H,1-3,8-9H2,(H,15,16);1-4H,5-6,10H2;2-4H,1H3. The number of aliphatic carboxylic acids is 1. The van der Waals surface area contributed by atoms with Crippen molar-refractivity contribution < 1.29 is 28.3 Å². The number of nitrogens with two attached hydrogens (primary N) is 1. The summed E-state index contributed by atoms with van der Waals surface area (Å²) >= 11 is 17.6. The molecule has 2 aliphatic rings.